The van der Waals surface area contributed by atoms with Gasteiger partial charge in [-0.2, -0.15) is 18.3 Å². The number of aromatic nitrogens is 2. The van der Waals surface area contributed by atoms with Gasteiger partial charge in [0.15, 0.2) is 5.69 Å². The van der Waals surface area contributed by atoms with Crippen LogP contribution in [0, 0.1) is 0 Å². The number of rotatable bonds is 7. The predicted molar refractivity (Wildman–Crippen MR) is 113 cm³/mol. The van der Waals surface area contributed by atoms with Crippen LogP contribution in [0.1, 0.15) is 29.4 Å². The zero-order valence-corrected chi connectivity index (χ0v) is 18.1. The Kier molecular flexibility index (Phi) is 7.56. The second-order valence-electron chi connectivity index (χ2n) is 7.46. The molecule has 1 aromatic heterocycles. The highest BCUT2D eigenvalue weighted by Crippen LogP contribution is 2.31. The topological polar surface area (TPSA) is 99.6 Å². The number of para-hydroxylation sites is 1. The molecule has 1 aromatic carbocycles. The monoisotopic (exact) mass is 466 g/mol. The van der Waals surface area contributed by atoms with Gasteiger partial charge in [-0.05, 0) is 18.6 Å². The number of nitrogens with zero attached hydrogens (tertiary/aromatic N) is 4. The van der Waals surface area contributed by atoms with Crippen molar-refractivity contribution in [3.05, 3.63) is 47.8 Å². The smallest absolute Gasteiger partial charge is 0.350 e. The van der Waals surface area contributed by atoms with Crippen LogP contribution in [0.2, 0.25) is 0 Å². The van der Waals surface area contributed by atoms with Crippen LogP contribution in [0.3, 0.4) is 0 Å². The molecule has 1 aliphatic rings. The lowest BCUT2D eigenvalue weighted by Crippen LogP contribution is -2.55. The Bertz CT molecular complexity index is 993. The number of hydrogen-bond donors (Lipinski definition) is 2. The first kappa shape index (κ1) is 24.1. The fourth-order valence-electron chi connectivity index (χ4n) is 3.40. The molecule has 0 spiro atoms. The van der Waals surface area contributed by atoms with E-state index in [4.69, 9.17) is 0 Å². The molecule has 1 saturated heterocycles. The molecule has 1 aliphatic heterocycles. The summed E-state index contributed by atoms with van der Waals surface area (Å²) in [6.07, 6.45) is -2.96. The van der Waals surface area contributed by atoms with E-state index in [1.165, 1.54) is 4.90 Å². The standard InChI is InChI=1S/C21H25F3N6O3/c1-2-10-28-11-12-29(14-17(28)31)20(33)26-9-8-25-19(32)16-13-30(15-6-4-3-5-7-15)27-18(16)21(22,23)24/h3-7,13H,2,8-12,14H2,1H3,(H,25,32)(H,26,33). The molecular formula is C21H25F3N6O3. The zero-order chi connectivity index (χ0) is 24.0. The summed E-state index contributed by atoms with van der Waals surface area (Å²) in [4.78, 5) is 39.7. The third-order valence-corrected chi connectivity index (χ3v) is 5.03. The van der Waals surface area contributed by atoms with Crippen LogP contribution in [0.15, 0.2) is 36.5 Å². The van der Waals surface area contributed by atoms with Gasteiger partial charge >= 0.3 is 12.2 Å². The molecule has 0 atom stereocenters. The Morgan fingerprint density at radius 1 is 1.09 bits per heavy atom. The van der Waals surface area contributed by atoms with Crippen molar-refractivity contribution in [2.24, 2.45) is 0 Å². The van der Waals surface area contributed by atoms with Crippen LogP contribution >= 0.6 is 0 Å². The summed E-state index contributed by atoms with van der Waals surface area (Å²) in [5.41, 5.74) is -1.53. The van der Waals surface area contributed by atoms with Crippen LogP contribution < -0.4 is 10.6 Å². The molecule has 12 heteroatoms. The van der Waals surface area contributed by atoms with Crippen molar-refractivity contribution < 1.29 is 27.6 Å². The van der Waals surface area contributed by atoms with E-state index in [1.54, 1.807) is 35.2 Å². The van der Waals surface area contributed by atoms with E-state index in [2.05, 4.69) is 15.7 Å². The summed E-state index contributed by atoms with van der Waals surface area (Å²) < 4.78 is 41.2. The molecule has 4 amide bonds. The normalized spacial score (nSPS) is 14.4. The summed E-state index contributed by atoms with van der Waals surface area (Å²) >= 11 is 0. The van der Waals surface area contributed by atoms with Crippen molar-refractivity contribution in [3.8, 4) is 5.69 Å². The first-order valence-electron chi connectivity index (χ1n) is 10.5. The summed E-state index contributed by atoms with van der Waals surface area (Å²) in [5.74, 6) is -1.09. The predicted octanol–water partition coefficient (Wildman–Crippen LogP) is 1.88. The number of amides is 4. The highest BCUT2D eigenvalue weighted by atomic mass is 19.4. The highest BCUT2D eigenvalue weighted by molar-refractivity contribution is 5.95. The van der Waals surface area contributed by atoms with Crippen molar-refractivity contribution >= 4 is 17.8 Å². The van der Waals surface area contributed by atoms with Crippen molar-refractivity contribution in [2.45, 2.75) is 19.5 Å². The van der Waals surface area contributed by atoms with Gasteiger partial charge in [0.2, 0.25) is 5.91 Å². The van der Waals surface area contributed by atoms with Gasteiger partial charge in [0.05, 0.1) is 11.3 Å². The average molecular weight is 466 g/mol. The Labute approximate surface area is 188 Å². The molecule has 0 radical (unpaired) electrons. The van der Waals surface area contributed by atoms with Gasteiger partial charge in [0.25, 0.3) is 5.91 Å². The largest absolute Gasteiger partial charge is 0.435 e. The maximum absolute atomic E-state index is 13.4. The summed E-state index contributed by atoms with van der Waals surface area (Å²) in [5, 5.41) is 8.46. The van der Waals surface area contributed by atoms with Crippen LogP contribution in [0.25, 0.3) is 5.69 Å². The van der Waals surface area contributed by atoms with Gasteiger partial charge in [-0.1, -0.05) is 25.1 Å². The molecule has 3 rings (SSSR count). The van der Waals surface area contributed by atoms with Gasteiger partial charge in [-0.15, -0.1) is 0 Å². The van der Waals surface area contributed by atoms with Gasteiger partial charge in [-0.25, -0.2) is 9.48 Å². The molecule has 0 unspecified atom stereocenters. The first-order chi connectivity index (χ1) is 15.7. The molecule has 0 aliphatic carbocycles. The summed E-state index contributed by atoms with van der Waals surface area (Å²) in [7, 11) is 0. The van der Waals surface area contributed by atoms with E-state index < -0.39 is 29.4 Å². The number of halogens is 3. The van der Waals surface area contributed by atoms with E-state index in [-0.39, 0.29) is 25.5 Å². The number of alkyl halides is 3. The van der Waals surface area contributed by atoms with Crippen LogP contribution in [0.4, 0.5) is 18.0 Å². The fourth-order valence-corrected chi connectivity index (χ4v) is 3.40. The average Bonchev–Trinajstić information content (AvgIpc) is 3.25. The lowest BCUT2D eigenvalue weighted by Gasteiger charge is -2.34. The molecule has 1 fully saturated rings. The van der Waals surface area contributed by atoms with Crippen molar-refractivity contribution in [2.75, 3.05) is 39.3 Å². The van der Waals surface area contributed by atoms with E-state index in [0.717, 1.165) is 17.3 Å². The first-order valence-corrected chi connectivity index (χ1v) is 10.5. The fraction of sp³-hybridized carbons (Fsp3) is 0.429. The Balaban J connectivity index is 1.54. The minimum absolute atomic E-state index is 0.0118. The Hall–Kier alpha value is -3.57. The maximum Gasteiger partial charge on any atom is 0.435 e. The van der Waals surface area contributed by atoms with Crippen LogP contribution in [-0.4, -0.2) is 76.7 Å². The second kappa shape index (κ2) is 10.4. The van der Waals surface area contributed by atoms with Gasteiger partial charge in [0, 0.05) is 38.9 Å². The van der Waals surface area contributed by atoms with Crippen molar-refractivity contribution in [1.82, 2.24) is 30.2 Å². The molecular weight excluding hydrogens is 441 g/mol. The number of benzene rings is 1. The lowest BCUT2D eigenvalue weighted by molar-refractivity contribution is -0.141. The van der Waals surface area contributed by atoms with Gasteiger partial charge < -0.3 is 20.4 Å². The molecule has 178 valence electrons. The van der Waals surface area contributed by atoms with E-state index in [9.17, 15) is 27.6 Å². The number of carbonyl (C=O) groups is 3. The highest BCUT2D eigenvalue weighted by Gasteiger charge is 2.39. The van der Waals surface area contributed by atoms with Crippen LogP contribution in [0.5, 0.6) is 0 Å². The lowest BCUT2D eigenvalue weighted by atomic mass is 10.2. The third-order valence-electron chi connectivity index (χ3n) is 5.03. The van der Waals surface area contributed by atoms with E-state index >= 15 is 0 Å². The minimum Gasteiger partial charge on any atom is -0.350 e. The molecule has 2 heterocycles. The number of hydrogen-bond acceptors (Lipinski definition) is 4. The van der Waals surface area contributed by atoms with Gasteiger partial charge in [-0.3, -0.25) is 9.59 Å². The SMILES string of the molecule is CCCN1CCN(C(=O)NCCNC(=O)c2cn(-c3ccccc3)nc2C(F)(F)F)CC1=O. The Morgan fingerprint density at radius 3 is 2.42 bits per heavy atom. The number of urea groups is 1. The van der Waals surface area contributed by atoms with Gasteiger partial charge in [0.1, 0.15) is 6.54 Å². The molecule has 0 bridgehead atoms. The molecule has 2 N–H and O–H groups in total. The van der Waals surface area contributed by atoms with Crippen molar-refractivity contribution in [1.29, 1.82) is 0 Å². The summed E-state index contributed by atoms with van der Waals surface area (Å²) in [6, 6.07) is 7.66. The molecule has 2 aromatic rings. The van der Waals surface area contributed by atoms with Crippen LogP contribution in [-0.2, 0) is 11.0 Å². The van der Waals surface area contributed by atoms with E-state index in [0.29, 0.717) is 25.3 Å². The van der Waals surface area contributed by atoms with Crippen molar-refractivity contribution in [3.63, 3.8) is 0 Å². The number of piperazine rings is 1. The number of nitrogens with one attached hydrogen (secondary N) is 2. The van der Waals surface area contributed by atoms with E-state index in [1.807, 2.05) is 6.92 Å². The Morgan fingerprint density at radius 2 is 1.79 bits per heavy atom. The molecule has 33 heavy (non-hydrogen) atoms. The number of carbonyl (C=O) groups excluding carboxylic acids is 3. The maximum atomic E-state index is 13.4. The summed E-state index contributed by atoms with van der Waals surface area (Å²) in [6.45, 7) is 3.29. The quantitative estimate of drug-likeness (QED) is 0.609. The zero-order valence-electron chi connectivity index (χ0n) is 18.1. The molecule has 9 nitrogen and oxygen atoms in total. The second-order valence-corrected chi connectivity index (χ2v) is 7.46. The minimum atomic E-state index is -4.81. The molecule has 0 saturated carbocycles. The third kappa shape index (κ3) is 6.02.